The predicted octanol–water partition coefficient (Wildman–Crippen LogP) is 4.83. The maximum atomic E-state index is 6.06. The van der Waals surface area contributed by atoms with Gasteiger partial charge in [-0.25, -0.2) is 4.98 Å². The van der Waals surface area contributed by atoms with Crippen LogP contribution in [0.15, 0.2) is 33.3 Å². The van der Waals surface area contributed by atoms with Gasteiger partial charge < -0.3 is 10.6 Å². The molecule has 0 aliphatic heterocycles. The first kappa shape index (κ1) is 14.6. The topological polar surface area (TPSA) is 49.8 Å². The fraction of sp³-hybridized carbons (Fsp3) is 0.167. The van der Waals surface area contributed by atoms with Crippen LogP contribution in [-0.2, 0) is 0 Å². The third-order valence-corrected chi connectivity index (χ3v) is 4.07. The Balaban J connectivity index is 2.26. The van der Waals surface area contributed by atoms with Crippen molar-refractivity contribution in [1.29, 1.82) is 0 Å². The van der Waals surface area contributed by atoms with Crippen molar-refractivity contribution in [3.8, 4) is 0 Å². The van der Waals surface area contributed by atoms with E-state index in [-0.39, 0.29) is 0 Å². The summed E-state index contributed by atoms with van der Waals surface area (Å²) in [6.45, 7) is 2.76. The number of anilines is 3. The molecule has 2 rings (SSSR count). The molecule has 0 unspecified atom stereocenters. The van der Waals surface area contributed by atoms with Crippen LogP contribution in [0.5, 0.6) is 0 Å². The molecule has 0 amide bonds. The van der Waals surface area contributed by atoms with Crippen molar-refractivity contribution in [3.63, 3.8) is 0 Å². The van der Waals surface area contributed by atoms with Crippen LogP contribution in [0.4, 0.5) is 17.5 Å². The summed E-state index contributed by atoms with van der Waals surface area (Å²) in [5, 5.41) is 6.90. The zero-order valence-electron chi connectivity index (χ0n) is 10.0. The lowest BCUT2D eigenvalue weighted by atomic mass is 10.3. The van der Waals surface area contributed by atoms with Gasteiger partial charge in [0, 0.05) is 22.9 Å². The second-order valence-electron chi connectivity index (χ2n) is 3.67. The van der Waals surface area contributed by atoms with Gasteiger partial charge in [0.15, 0.2) is 0 Å². The molecule has 0 atom stereocenters. The van der Waals surface area contributed by atoms with Gasteiger partial charge >= 0.3 is 0 Å². The predicted molar refractivity (Wildman–Crippen MR) is 86.3 cm³/mol. The average Bonchev–Trinajstić information content (AvgIpc) is 2.38. The highest BCUT2D eigenvalue weighted by molar-refractivity contribution is 9.11. The van der Waals surface area contributed by atoms with E-state index >= 15 is 0 Å². The van der Waals surface area contributed by atoms with Crippen LogP contribution in [-0.4, -0.2) is 16.5 Å². The summed E-state index contributed by atoms with van der Waals surface area (Å²) < 4.78 is 1.64. The van der Waals surface area contributed by atoms with Crippen molar-refractivity contribution in [3.05, 3.63) is 38.4 Å². The molecule has 100 valence electrons. The first-order valence-electron chi connectivity index (χ1n) is 5.58. The quantitative estimate of drug-likeness (QED) is 0.764. The van der Waals surface area contributed by atoms with Gasteiger partial charge in [0.2, 0.25) is 5.95 Å². The fourth-order valence-electron chi connectivity index (χ4n) is 1.41. The monoisotopic (exact) mass is 404 g/mol. The smallest absolute Gasteiger partial charge is 0.224 e. The van der Waals surface area contributed by atoms with E-state index in [1.807, 2.05) is 25.1 Å². The van der Waals surface area contributed by atoms with E-state index in [2.05, 4.69) is 52.5 Å². The molecule has 0 radical (unpaired) electrons. The number of aromatic nitrogens is 2. The van der Waals surface area contributed by atoms with Gasteiger partial charge in [0.25, 0.3) is 0 Å². The molecule has 0 aliphatic rings. The van der Waals surface area contributed by atoms with Gasteiger partial charge in [-0.05, 0) is 57.0 Å². The van der Waals surface area contributed by atoms with Gasteiger partial charge in [0.05, 0.1) is 9.50 Å². The second-order valence-corrected chi connectivity index (χ2v) is 5.79. The summed E-state index contributed by atoms with van der Waals surface area (Å²) in [6, 6.07) is 5.62. The maximum absolute atomic E-state index is 6.06. The lowest BCUT2D eigenvalue weighted by Gasteiger charge is -2.10. The molecule has 2 aromatic rings. The van der Waals surface area contributed by atoms with Crippen LogP contribution in [0.25, 0.3) is 0 Å². The zero-order valence-corrected chi connectivity index (χ0v) is 14.0. The summed E-state index contributed by atoms with van der Waals surface area (Å²) in [5.74, 6) is 1.26. The third kappa shape index (κ3) is 3.81. The molecule has 0 aliphatic carbocycles. The Morgan fingerprint density at radius 2 is 2.05 bits per heavy atom. The summed E-state index contributed by atoms with van der Waals surface area (Å²) in [7, 11) is 0. The molecule has 4 nitrogen and oxygen atoms in total. The number of nitrogens with zero attached hydrogens (tertiary/aromatic N) is 2. The summed E-state index contributed by atoms with van der Waals surface area (Å²) >= 11 is 12.8. The molecular weight excluding hydrogens is 395 g/mol. The SMILES string of the molecule is CCNc1ncc(Br)c(Nc2ccc(Br)c(Cl)c2)n1. The molecular formula is C12H11Br2ClN4. The molecule has 2 N–H and O–H groups in total. The van der Waals surface area contributed by atoms with Crippen LogP contribution in [0.2, 0.25) is 5.02 Å². The molecule has 1 heterocycles. The third-order valence-electron chi connectivity index (χ3n) is 2.26. The van der Waals surface area contributed by atoms with E-state index in [9.17, 15) is 0 Å². The van der Waals surface area contributed by atoms with Crippen molar-refractivity contribution < 1.29 is 0 Å². The van der Waals surface area contributed by atoms with Crippen LogP contribution >= 0.6 is 43.5 Å². The summed E-state index contributed by atoms with van der Waals surface area (Å²) in [4.78, 5) is 8.53. The minimum absolute atomic E-state index is 0.580. The number of nitrogens with one attached hydrogen (secondary N) is 2. The molecule has 1 aromatic carbocycles. The fourth-order valence-corrected chi connectivity index (χ4v) is 2.13. The van der Waals surface area contributed by atoms with Gasteiger partial charge in [-0.3, -0.25) is 0 Å². The molecule has 19 heavy (non-hydrogen) atoms. The molecule has 0 saturated carbocycles. The van der Waals surface area contributed by atoms with Gasteiger partial charge in [0.1, 0.15) is 5.82 Å². The number of rotatable bonds is 4. The van der Waals surface area contributed by atoms with Crippen molar-refractivity contribution in [2.75, 3.05) is 17.2 Å². The number of hydrogen-bond donors (Lipinski definition) is 2. The molecule has 0 bridgehead atoms. The van der Waals surface area contributed by atoms with Crippen molar-refractivity contribution >= 4 is 60.9 Å². The highest BCUT2D eigenvalue weighted by Crippen LogP contribution is 2.29. The molecule has 7 heteroatoms. The van der Waals surface area contributed by atoms with E-state index in [1.165, 1.54) is 0 Å². The van der Waals surface area contributed by atoms with E-state index in [4.69, 9.17) is 11.6 Å². The van der Waals surface area contributed by atoms with Crippen molar-refractivity contribution in [2.45, 2.75) is 6.92 Å². The van der Waals surface area contributed by atoms with Gasteiger partial charge in [-0.15, -0.1) is 0 Å². The van der Waals surface area contributed by atoms with Crippen LogP contribution < -0.4 is 10.6 Å². The average molecular weight is 407 g/mol. The first-order valence-corrected chi connectivity index (χ1v) is 7.55. The number of halogens is 3. The lowest BCUT2D eigenvalue weighted by molar-refractivity contribution is 1.08. The largest absolute Gasteiger partial charge is 0.354 e. The molecule has 0 spiro atoms. The Labute approximate surface area is 133 Å². The standard InChI is InChI=1S/C12H11Br2ClN4/c1-2-16-12-17-6-9(14)11(19-12)18-7-3-4-8(13)10(15)5-7/h3-6H,2H2,1H3,(H2,16,17,18,19). The van der Waals surface area contributed by atoms with E-state index in [1.54, 1.807) is 6.20 Å². The Hall–Kier alpha value is -0.850. The van der Waals surface area contributed by atoms with Crippen LogP contribution in [0.1, 0.15) is 6.92 Å². The van der Waals surface area contributed by atoms with Crippen molar-refractivity contribution in [1.82, 2.24) is 9.97 Å². The van der Waals surface area contributed by atoms with E-state index in [0.717, 1.165) is 21.2 Å². The van der Waals surface area contributed by atoms with E-state index in [0.29, 0.717) is 16.8 Å². The Morgan fingerprint density at radius 3 is 2.74 bits per heavy atom. The van der Waals surface area contributed by atoms with Gasteiger partial charge in [-0.2, -0.15) is 4.98 Å². The number of hydrogen-bond acceptors (Lipinski definition) is 4. The summed E-state index contributed by atoms with van der Waals surface area (Å²) in [5.41, 5.74) is 0.857. The lowest BCUT2D eigenvalue weighted by Crippen LogP contribution is -2.04. The van der Waals surface area contributed by atoms with Crippen LogP contribution in [0, 0.1) is 0 Å². The Kier molecular flexibility index (Phi) is 5.01. The molecule has 1 aromatic heterocycles. The van der Waals surface area contributed by atoms with E-state index < -0.39 is 0 Å². The zero-order chi connectivity index (χ0) is 13.8. The summed E-state index contributed by atoms with van der Waals surface area (Å²) in [6.07, 6.45) is 1.70. The Morgan fingerprint density at radius 1 is 1.26 bits per heavy atom. The molecule has 0 saturated heterocycles. The van der Waals surface area contributed by atoms with Crippen LogP contribution in [0.3, 0.4) is 0 Å². The first-order chi connectivity index (χ1) is 9.10. The minimum Gasteiger partial charge on any atom is -0.354 e. The highest BCUT2D eigenvalue weighted by atomic mass is 79.9. The number of benzene rings is 1. The van der Waals surface area contributed by atoms with Crippen molar-refractivity contribution in [2.24, 2.45) is 0 Å². The molecule has 0 fully saturated rings. The minimum atomic E-state index is 0.580. The highest BCUT2D eigenvalue weighted by Gasteiger charge is 2.06. The maximum Gasteiger partial charge on any atom is 0.224 e. The Bertz CT molecular complexity index is 592. The second kappa shape index (κ2) is 6.54. The van der Waals surface area contributed by atoms with Gasteiger partial charge in [-0.1, -0.05) is 11.6 Å². The normalized spacial score (nSPS) is 10.3.